The van der Waals surface area contributed by atoms with Gasteiger partial charge in [0.25, 0.3) is 0 Å². The van der Waals surface area contributed by atoms with E-state index < -0.39 is 11.8 Å². The third-order valence-corrected chi connectivity index (χ3v) is 4.27. The molecule has 6 heteroatoms. The SMILES string of the molecule is CC(C)NC(=O)C(=O)Nc1ccc2c(c1)CCCN2C(=O)C1CC1. The Bertz CT molecular complexity index is 680. The molecule has 24 heavy (non-hydrogen) atoms. The molecule has 1 heterocycles. The first kappa shape index (κ1) is 16.5. The number of aryl methyl sites for hydroxylation is 1. The van der Waals surface area contributed by atoms with Crippen molar-refractivity contribution in [1.82, 2.24) is 5.32 Å². The van der Waals surface area contributed by atoms with Gasteiger partial charge in [0, 0.05) is 29.9 Å². The molecule has 0 aromatic heterocycles. The van der Waals surface area contributed by atoms with Crippen LogP contribution in [0, 0.1) is 5.92 Å². The summed E-state index contributed by atoms with van der Waals surface area (Å²) in [7, 11) is 0. The van der Waals surface area contributed by atoms with E-state index in [4.69, 9.17) is 0 Å². The Morgan fingerprint density at radius 1 is 1.17 bits per heavy atom. The Balaban J connectivity index is 1.72. The standard InChI is InChI=1S/C18H23N3O3/c1-11(2)19-16(22)17(23)20-14-7-8-15-13(10-14)4-3-9-21(15)18(24)12-5-6-12/h7-8,10-12H,3-6,9H2,1-2H3,(H,19,22)(H,20,23). The summed E-state index contributed by atoms with van der Waals surface area (Å²) in [5.41, 5.74) is 2.55. The van der Waals surface area contributed by atoms with E-state index in [9.17, 15) is 14.4 Å². The van der Waals surface area contributed by atoms with Crippen LogP contribution in [0.3, 0.4) is 0 Å². The van der Waals surface area contributed by atoms with E-state index in [0.29, 0.717) is 5.69 Å². The molecular formula is C18H23N3O3. The predicted octanol–water partition coefficient (Wildman–Crippen LogP) is 1.84. The number of nitrogens with zero attached hydrogens (tertiary/aromatic N) is 1. The van der Waals surface area contributed by atoms with Gasteiger partial charge in [-0.15, -0.1) is 0 Å². The topological polar surface area (TPSA) is 78.5 Å². The summed E-state index contributed by atoms with van der Waals surface area (Å²) in [5.74, 6) is -0.919. The van der Waals surface area contributed by atoms with Crippen LogP contribution in [-0.2, 0) is 20.8 Å². The minimum Gasteiger partial charge on any atom is -0.346 e. The summed E-state index contributed by atoms with van der Waals surface area (Å²) in [6.45, 7) is 4.36. The highest BCUT2D eigenvalue weighted by Crippen LogP contribution is 2.36. The van der Waals surface area contributed by atoms with Gasteiger partial charge in [0.05, 0.1) is 0 Å². The van der Waals surface area contributed by atoms with Crippen molar-refractivity contribution in [2.75, 3.05) is 16.8 Å². The molecule has 0 bridgehead atoms. The van der Waals surface area contributed by atoms with Crippen molar-refractivity contribution in [2.45, 2.75) is 45.6 Å². The first-order valence-corrected chi connectivity index (χ1v) is 8.52. The highest BCUT2D eigenvalue weighted by Gasteiger charge is 2.35. The van der Waals surface area contributed by atoms with Crippen LogP contribution in [0.25, 0.3) is 0 Å². The summed E-state index contributed by atoms with van der Waals surface area (Å²) >= 11 is 0. The van der Waals surface area contributed by atoms with Gasteiger partial charge in [0.15, 0.2) is 0 Å². The number of fused-ring (bicyclic) bond motifs is 1. The zero-order valence-corrected chi connectivity index (χ0v) is 14.1. The third-order valence-electron chi connectivity index (χ3n) is 4.27. The van der Waals surface area contributed by atoms with Crippen molar-refractivity contribution >= 4 is 29.1 Å². The molecule has 2 N–H and O–H groups in total. The number of carbonyl (C=O) groups is 3. The van der Waals surface area contributed by atoms with Crippen LogP contribution < -0.4 is 15.5 Å². The minimum atomic E-state index is -0.676. The van der Waals surface area contributed by atoms with Gasteiger partial charge in [-0.1, -0.05) is 0 Å². The number of anilines is 2. The fourth-order valence-electron chi connectivity index (χ4n) is 2.97. The summed E-state index contributed by atoms with van der Waals surface area (Å²) in [6, 6.07) is 5.39. The van der Waals surface area contributed by atoms with Gasteiger partial charge >= 0.3 is 11.8 Å². The lowest BCUT2D eigenvalue weighted by atomic mass is 10.0. The second kappa shape index (κ2) is 6.63. The first-order valence-electron chi connectivity index (χ1n) is 8.52. The van der Waals surface area contributed by atoms with E-state index in [2.05, 4.69) is 10.6 Å². The molecule has 0 spiro atoms. The van der Waals surface area contributed by atoms with Crippen LogP contribution in [-0.4, -0.2) is 30.3 Å². The summed E-state index contributed by atoms with van der Waals surface area (Å²) < 4.78 is 0. The molecular weight excluding hydrogens is 306 g/mol. The molecule has 6 nitrogen and oxygen atoms in total. The predicted molar refractivity (Wildman–Crippen MR) is 91.7 cm³/mol. The lowest BCUT2D eigenvalue weighted by Crippen LogP contribution is -2.39. The molecule has 0 radical (unpaired) electrons. The van der Waals surface area contributed by atoms with E-state index in [1.54, 1.807) is 19.9 Å². The lowest BCUT2D eigenvalue weighted by molar-refractivity contribution is -0.136. The molecule has 0 atom stereocenters. The molecule has 1 fully saturated rings. The number of hydrogen-bond acceptors (Lipinski definition) is 3. The number of rotatable bonds is 3. The fourth-order valence-corrected chi connectivity index (χ4v) is 2.97. The molecule has 0 saturated heterocycles. The Morgan fingerprint density at radius 2 is 1.92 bits per heavy atom. The van der Waals surface area contributed by atoms with Crippen LogP contribution in [0.2, 0.25) is 0 Å². The maximum Gasteiger partial charge on any atom is 0.313 e. The molecule has 3 rings (SSSR count). The molecule has 0 unspecified atom stereocenters. The molecule has 128 valence electrons. The van der Waals surface area contributed by atoms with Crippen LogP contribution in [0.4, 0.5) is 11.4 Å². The first-order chi connectivity index (χ1) is 11.5. The van der Waals surface area contributed by atoms with Crippen LogP contribution >= 0.6 is 0 Å². The molecule has 1 saturated carbocycles. The van der Waals surface area contributed by atoms with E-state index in [0.717, 1.165) is 43.5 Å². The average Bonchev–Trinajstić information content (AvgIpc) is 3.37. The number of benzene rings is 1. The molecule has 3 amide bonds. The van der Waals surface area contributed by atoms with Crippen molar-refractivity contribution in [3.05, 3.63) is 23.8 Å². The van der Waals surface area contributed by atoms with Gasteiger partial charge in [-0.2, -0.15) is 0 Å². The van der Waals surface area contributed by atoms with Crippen LogP contribution in [0.5, 0.6) is 0 Å². The second-order valence-electron chi connectivity index (χ2n) is 6.79. The van der Waals surface area contributed by atoms with Crippen molar-refractivity contribution in [2.24, 2.45) is 5.92 Å². The quantitative estimate of drug-likeness (QED) is 0.831. The number of hydrogen-bond donors (Lipinski definition) is 2. The van der Waals surface area contributed by atoms with Gasteiger partial charge in [-0.25, -0.2) is 0 Å². The van der Waals surface area contributed by atoms with Crippen molar-refractivity contribution in [1.29, 1.82) is 0 Å². The third kappa shape index (κ3) is 3.58. The summed E-state index contributed by atoms with van der Waals surface area (Å²) in [4.78, 5) is 37.8. The number of nitrogens with one attached hydrogen (secondary N) is 2. The van der Waals surface area contributed by atoms with E-state index in [1.165, 1.54) is 0 Å². The molecule has 1 aromatic rings. The minimum absolute atomic E-state index is 0.0891. The van der Waals surface area contributed by atoms with Crippen LogP contribution in [0.15, 0.2) is 18.2 Å². The fraction of sp³-hybridized carbons (Fsp3) is 0.500. The maximum atomic E-state index is 12.4. The molecule has 1 aromatic carbocycles. The lowest BCUT2D eigenvalue weighted by Gasteiger charge is -2.30. The Hall–Kier alpha value is -2.37. The van der Waals surface area contributed by atoms with E-state index in [-0.39, 0.29) is 17.9 Å². The Kier molecular flexibility index (Phi) is 4.55. The molecule has 2 aliphatic rings. The van der Waals surface area contributed by atoms with Crippen molar-refractivity contribution < 1.29 is 14.4 Å². The highest BCUT2D eigenvalue weighted by atomic mass is 16.2. The maximum absolute atomic E-state index is 12.4. The largest absolute Gasteiger partial charge is 0.346 e. The van der Waals surface area contributed by atoms with Gasteiger partial charge in [-0.05, 0) is 63.3 Å². The van der Waals surface area contributed by atoms with Gasteiger partial charge in [-0.3, -0.25) is 14.4 Å². The smallest absolute Gasteiger partial charge is 0.313 e. The summed E-state index contributed by atoms with van der Waals surface area (Å²) in [6.07, 6.45) is 3.76. The Morgan fingerprint density at radius 3 is 2.58 bits per heavy atom. The van der Waals surface area contributed by atoms with Crippen molar-refractivity contribution in [3.63, 3.8) is 0 Å². The second-order valence-corrected chi connectivity index (χ2v) is 6.79. The van der Waals surface area contributed by atoms with Gasteiger partial charge in [0.2, 0.25) is 5.91 Å². The van der Waals surface area contributed by atoms with E-state index >= 15 is 0 Å². The molecule has 1 aliphatic carbocycles. The normalized spacial score (nSPS) is 16.5. The van der Waals surface area contributed by atoms with Crippen molar-refractivity contribution in [3.8, 4) is 0 Å². The molecule has 1 aliphatic heterocycles. The zero-order valence-electron chi connectivity index (χ0n) is 14.1. The van der Waals surface area contributed by atoms with E-state index in [1.807, 2.05) is 17.0 Å². The monoisotopic (exact) mass is 329 g/mol. The number of amides is 3. The Labute approximate surface area is 141 Å². The average molecular weight is 329 g/mol. The van der Waals surface area contributed by atoms with Gasteiger partial charge in [0.1, 0.15) is 0 Å². The summed E-state index contributed by atoms with van der Waals surface area (Å²) in [5, 5.41) is 5.18. The zero-order chi connectivity index (χ0) is 17.3. The highest BCUT2D eigenvalue weighted by molar-refractivity contribution is 6.39. The number of carbonyl (C=O) groups excluding carboxylic acids is 3. The van der Waals surface area contributed by atoms with Crippen LogP contribution in [0.1, 0.15) is 38.7 Å². The van der Waals surface area contributed by atoms with Gasteiger partial charge < -0.3 is 15.5 Å².